The van der Waals surface area contributed by atoms with Gasteiger partial charge in [-0.1, -0.05) is 13.3 Å². The van der Waals surface area contributed by atoms with Crippen LogP contribution in [0.5, 0.6) is 0 Å². The maximum Gasteiger partial charge on any atom is 0.332 e. The van der Waals surface area contributed by atoms with Crippen molar-refractivity contribution in [3.63, 3.8) is 0 Å². The van der Waals surface area contributed by atoms with E-state index < -0.39 is 12.3 Å². The molecule has 1 N–H and O–H groups in total. The quantitative estimate of drug-likeness (QED) is 0.477. The summed E-state index contributed by atoms with van der Waals surface area (Å²) in [5, 5.41) is 9.04. The largest absolute Gasteiger partial charge is 0.464 e. The lowest BCUT2D eigenvalue weighted by Gasteiger charge is -2.09. The first-order valence-corrected chi connectivity index (χ1v) is 4.16. The van der Waals surface area contributed by atoms with Crippen LogP contribution in [0.25, 0.3) is 0 Å². The predicted molar refractivity (Wildman–Crippen MR) is 43.5 cm³/mol. The number of hydrogen-bond acceptors (Lipinski definition) is 4. The Morgan fingerprint density at radius 1 is 1.50 bits per heavy atom. The molecule has 0 amide bonds. The van der Waals surface area contributed by atoms with E-state index in [4.69, 9.17) is 9.84 Å². The van der Waals surface area contributed by atoms with Gasteiger partial charge in [0, 0.05) is 0 Å². The minimum Gasteiger partial charge on any atom is -0.464 e. The Kier molecular flexibility index (Phi) is 6.70. The molecule has 4 heteroatoms. The summed E-state index contributed by atoms with van der Waals surface area (Å²) in [5.41, 5.74) is 0. The topological polar surface area (TPSA) is 55.8 Å². The third-order valence-electron chi connectivity index (χ3n) is 1.23. The Labute approximate surface area is 72.5 Å². The second kappa shape index (κ2) is 7.06. The molecule has 0 spiro atoms. The number of carbonyl (C=O) groups excluding carboxylic acids is 1. The molecule has 12 heavy (non-hydrogen) atoms. The average molecular weight is 176 g/mol. The molecule has 0 bridgehead atoms. The van der Waals surface area contributed by atoms with Gasteiger partial charge < -0.3 is 14.6 Å². The van der Waals surface area contributed by atoms with Crippen LogP contribution in [0.2, 0.25) is 0 Å². The molecule has 4 nitrogen and oxygen atoms in total. The van der Waals surface area contributed by atoms with Crippen molar-refractivity contribution in [1.29, 1.82) is 0 Å². The van der Waals surface area contributed by atoms with Gasteiger partial charge in [0.05, 0.1) is 6.61 Å². The van der Waals surface area contributed by atoms with Gasteiger partial charge in [-0.3, -0.25) is 0 Å². The van der Waals surface area contributed by atoms with E-state index >= 15 is 0 Å². The summed E-state index contributed by atoms with van der Waals surface area (Å²) in [7, 11) is 0. The molecule has 0 rings (SSSR count). The van der Waals surface area contributed by atoms with Crippen molar-refractivity contribution in [2.24, 2.45) is 0 Å². The number of aliphatic hydroxyl groups is 1. The molecule has 1 unspecified atom stereocenters. The Morgan fingerprint density at radius 2 is 2.17 bits per heavy atom. The van der Waals surface area contributed by atoms with Crippen LogP contribution in [0.1, 0.15) is 26.7 Å². The van der Waals surface area contributed by atoms with E-state index in [1.165, 1.54) is 0 Å². The Balaban J connectivity index is 3.33. The van der Waals surface area contributed by atoms with Crippen molar-refractivity contribution < 1.29 is 19.4 Å². The average Bonchev–Trinajstić information content (AvgIpc) is 2.02. The highest BCUT2D eigenvalue weighted by atomic mass is 16.6. The zero-order chi connectivity index (χ0) is 9.40. The van der Waals surface area contributed by atoms with Crippen LogP contribution < -0.4 is 0 Å². The van der Waals surface area contributed by atoms with Crippen molar-refractivity contribution >= 4 is 5.97 Å². The summed E-state index contributed by atoms with van der Waals surface area (Å²) in [6.07, 6.45) is 0.517. The third-order valence-corrected chi connectivity index (χ3v) is 1.23. The lowest BCUT2D eigenvalue weighted by Crippen LogP contribution is -2.19. The number of aliphatic hydroxyl groups excluding tert-OH is 1. The smallest absolute Gasteiger partial charge is 0.332 e. The van der Waals surface area contributed by atoms with E-state index in [0.29, 0.717) is 13.0 Å². The Bertz CT molecular complexity index is 124. The highest BCUT2D eigenvalue weighted by Gasteiger charge is 2.06. The molecule has 0 aromatic carbocycles. The third kappa shape index (κ3) is 6.12. The van der Waals surface area contributed by atoms with E-state index in [2.05, 4.69) is 4.74 Å². The summed E-state index contributed by atoms with van der Waals surface area (Å²) < 4.78 is 9.37. The normalized spacial score (nSPS) is 12.6. The first kappa shape index (κ1) is 11.4. The summed E-state index contributed by atoms with van der Waals surface area (Å²) in [6.45, 7) is 3.82. The fourth-order valence-electron chi connectivity index (χ4n) is 0.697. The van der Waals surface area contributed by atoms with Crippen molar-refractivity contribution in [3.05, 3.63) is 0 Å². The minimum absolute atomic E-state index is 0.172. The van der Waals surface area contributed by atoms with Gasteiger partial charge in [-0.05, 0) is 13.3 Å². The van der Waals surface area contributed by atoms with Gasteiger partial charge in [0.2, 0.25) is 0 Å². The Hall–Kier alpha value is -0.610. The van der Waals surface area contributed by atoms with E-state index in [9.17, 15) is 4.79 Å². The van der Waals surface area contributed by atoms with Crippen LogP contribution >= 0.6 is 0 Å². The molecule has 0 aromatic heterocycles. The maximum absolute atomic E-state index is 10.7. The van der Waals surface area contributed by atoms with Crippen LogP contribution in [-0.2, 0) is 14.3 Å². The summed E-state index contributed by atoms with van der Waals surface area (Å²) >= 11 is 0. The Morgan fingerprint density at radius 3 is 2.67 bits per heavy atom. The second-order valence-corrected chi connectivity index (χ2v) is 2.36. The van der Waals surface area contributed by atoms with Gasteiger partial charge in [0.25, 0.3) is 0 Å². The molecular weight excluding hydrogens is 160 g/mol. The fourth-order valence-corrected chi connectivity index (χ4v) is 0.697. The molecule has 1 atom stereocenters. The van der Waals surface area contributed by atoms with Crippen molar-refractivity contribution in [3.8, 4) is 0 Å². The van der Waals surface area contributed by atoms with E-state index in [-0.39, 0.29) is 6.61 Å². The monoisotopic (exact) mass is 176 g/mol. The molecule has 0 heterocycles. The molecule has 72 valence electrons. The van der Waals surface area contributed by atoms with Crippen molar-refractivity contribution in [2.75, 3.05) is 13.2 Å². The van der Waals surface area contributed by atoms with Crippen molar-refractivity contribution in [2.45, 2.75) is 33.0 Å². The van der Waals surface area contributed by atoms with Crippen LogP contribution in [0.15, 0.2) is 0 Å². The van der Waals surface area contributed by atoms with Gasteiger partial charge in [0.15, 0.2) is 6.29 Å². The fraction of sp³-hybridized carbons (Fsp3) is 0.875. The first-order valence-electron chi connectivity index (χ1n) is 4.16. The highest BCUT2D eigenvalue weighted by Crippen LogP contribution is 1.97. The molecule has 0 fully saturated rings. The van der Waals surface area contributed by atoms with Gasteiger partial charge in [-0.15, -0.1) is 0 Å². The molecule has 0 aromatic rings. The number of rotatable bonds is 6. The summed E-state index contributed by atoms with van der Waals surface area (Å²) in [6, 6.07) is 0. The number of esters is 1. The molecule has 0 aliphatic rings. The molecule has 0 radical (unpaired) electrons. The SMILES string of the molecule is CCCC(O)OCC(=O)OCC. The highest BCUT2D eigenvalue weighted by molar-refractivity contribution is 5.70. The first-order chi connectivity index (χ1) is 5.70. The van der Waals surface area contributed by atoms with Gasteiger partial charge in [-0.25, -0.2) is 4.79 Å². The number of hydrogen-bond donors (Lipinski definition) is 1. The number of carbonyl (C=O) groups is 1. The van der Waals surface area contributed by atoms with E-state index in [0.717, 1.165) is 6.42 Å². The molecule has 0 saturated heterocycles. The second-order valence-electron chi connectivity index (χ2n) is 2.36. The van der Waals surface area contributed by atoms with E-state index in [1.807, 2.05) is 6.92 Å². The molecule has 0 aliphatic carbocycles. The number of ether oxygens (including phenoxy) is 2. The maximum atomic E-state index is 10.7. The van der Waals surface area contributed by atoms with E-state index in [1.54, 1.807) is 6.92 Å². The minimum atomic E-state index is -0.848. The zero-order valence-electron chi connectivity index (χ0n) is 7.58. The van der Waals surface area contributed by atoms with Crippen LogP contribution in [-0.4, -0.2) is 30.6 Å². The van der Waals surface area contributed by atoms with Crippen molar-refractivity contribution in [1.82, 2.24) is 0 Å². The molecule has 0 saturated carbocycles. The molecular formula is C8H16O4. The van der Waals surface area contributed by atoms with Crippen LogP contribution in [0.4, 0.5) is 0 Å². The predicted octanol–water partition coefficient (Wildman–Crippen LogP) is 0.685. The van der Waals surface area contributed by atoms with Crippen LogP contribution in [0.3, 0.4) is 0 Å². The summed E-state index contributed by atoms with van der Waals surface area (Å²) in [5.74, 6) is -0.437. The summed E-state index contributed by atoms with van der Waals surface area (Å²) in [4.78, 5) is 10.7. The standard InChI is InChI=1S/C8H16O4/c1-3-5-7(9)12-6-8(10)11-4-2/h7,9H,3-6H2,1-2H3. The van der Waals surface area contributed by atoms with Gasteiger partial charge in [0.1, 0.15) is 6.61 Å². The zero-order valence-corrected chi connectivity index (χ0v) is 7.58. The van der Waals surface area contributed by atoms with Gasteiger partial charge >= 0.3 is 5.97 Å². The molecule has 0 aliphatic heterocycles. The van der Waals surface area contributed by atoms with Gasteiger partial charge in [-0.2, -0.15) is 0 Å². The lowest BCUT2D eigenvalue weighted by atomic mass is 10.3. The van der Waals surface area contributed by atoms with Crippen LogP contribution in [0, 0.1) is 0 Å². The lowest BCUT2D eigenvalue weighted by molar-refractivity contribution is -0.162.